The molecule has 21 heavy (non-hydrogen) atoms. The van der Waals surface area contributed by atoms with Gasteiger partial charge in [-0.2, -0.15) is 0 Å². The van der Waals surface area contributed by atoms with Gasteiger partial charge in [0.05, 0.1) is 13.0 Å². The van der Waals surface area contributed by atoms with Crippen molar-refractivity contribution < 1.29 is 19.4 Å². The van der Waals surface area contributed by atoms with Gasteiger partial charge in [-0.1, -0.05) is 42.3 Å². The van der Waals surface area contributed by atoms with Crippen LogP contribution in [0.15, 0.2) is 28.7 Å². The molecule has 2 N–H and O–H groups in total. The summed E-state index contributed by atoms with van der Waals surface area (Å²) in [4.78, 5) is 22.9. The average molecular weight is 358 g/mol. The number of rotatable bonds is 8. The van der Waals surface area contributed by atoms with Crippen molar-refractivity contribution in [1.29, 1.82) is 0 Å². The van der Waals surface area contributed by atoms with Crippen molar-refractivity contribution in [1.82, 2.24) is 5.32 Å². The molecule has 0 aliphatic rings. The molecular formula is C15H20BrNO4. The topological polar surface area (TPSA) is 75.6 Å². The number of nitrogens with one attached hydrogen (secondary N) is 1. The fourth-order valence-corrected chi connectivity index (χ4v) is 2.13. The Morgan fingerprint density at radius 3 is 2.71 bits per heavy atom. The highest BCUT2D eigenvalue weighted by atomic mass is 79.9. The summed E-state index contributed by atoms with van der Waals surface area (Å²) in [6, 6.07) is 6.46. The molecule has 0 bridgehead atoms. The molecule has 1 rings (SSSR count). The molecule has 0 saturated carbocycles. The Morgan fingerprint density at radius 1 is 1.43 bits per heavy atom. The van der Waals surface area contributed by atoms with E-state index in [1.54, 1.807) is 19.1 Å². The molecule has 0 heterocycles. The van der Waals surface area contributed by atoms with Crippen molar-refractivity contribution in [2.75, 3.05) is 6.61 Å². The highest BCUT2D eigenvalue weighted by molar-refractivity contribution is 9.10. The molecule has 0 aromatic heterocycles. The minimum atomic E-state index is -1.01. The molecule has 0 aliphatic carbocycles. The highest BCUT2D eigenvalue weighted by Gasteiger charge is 2.24. The van der Waals surface area contributed by atoms with Crippen molar-refractivity contribution in [3.63, 3.8) is 0 Å². The summed E-state index contributed by atoms with van der Waals surface area (Å²) in [5.74, 6) is -0.783. The number of hydrogen-bond acceptors (Lipinski definition) is 3. The predicted octanol–water partition coefficient (Wildman–Crippen LogP) is 2.83. The monoisotopic (exact) mass is 357 g/mol. The first-order valence-electron chi connectivity index (χ1n) is 6.84. The van der Waals surface area contributed by atoms with Gasteiger partial charge in [0.1, 0.15) is 11.8 Å². The minimum Gasteiger partial charge on any atom is -0.493 e. The largest absolute Gasteiger partial charge is 0.493 e. The maximum Gasteiger partial charge on any atom is 0.326 e. The Labute approximate surface area is 132 Å². The van der Waals surface area contributed by atoms with E-state index in [4.69, 9.17) is 9.84 Å². The quantitative estimate of drug-likeness (QED) is 0.749. The Kier molecular flexibility index (Phi) is 7.22. The second-order valence-electron chi connectivity index (χ2n) is 4.82. The van der Waals surface area contributed by atoms with E-state index in [1.165, 1.54) is 0 Å². The predicted molar refractivity (Wildman–Crippen MR) is 83.3 cm³/mol. The van der Waals surface area contributed by atoms with E-state index in [9.17, 15) is 9.59 Å². The number of carbonyl (C=O) groups is 2. The molecule has 2 atom stereocenters. The number of aliphatic carboxylic acids is 1. The standard InChI is InChI=1S/C15H20BrNO4/c1-3-10(2)14(15(19)20)17-13(18)7-8-21-12-6-4-5-11(16)9-12/h4-6,9-10,14H,3,7-8H2,1-2H3,(H,17,18)(H,19,20)/t10-,14-/m0/s1. The van der Waals surface area contributed by atoms with Gasteiger partial charge in [0, 0.05) is 4.47 Å². The molecule has 0 fully saturated rings. The molecule has 0 saturated heterocycles. The van der Waals surface area contributed by atoms with Crippen LogP contribution in [-0.2, 0) is 9.59 Å². The van der Waals surface area contributed by atoms with Gasteiger partial charge in [0.25, 0.3) is 0 Å². The Hall–Kier alpha value is -1.56. The van der Waals surface area contributed by atoms with Crippen molar-refractivity contribution in [2.45, 2.75) is 32.7 Å². The summed E-state index contributed by atoms with van der Waals surface area (Å²) < 4.78 is 6.34. The van der Waals surface area contributed by atoms with Gasteiger partial charge in [-0.15, -0.1) is 0 Å². The molecule has 5 nitrogen and oxygen atoms in total. The first-order valence-corrected chi connectivity index (χ1v) is 7.63. The Balaban J connectivity index is 2.41. The van der Waals surface area contributed by atoms with Crippen LogP contribution in [0.25, 0.3) is 0 Å². The summed E-state index contributed by atoms with van der Waals surface area (Å²) >= 11 is 3.33. The summed E-state index contributed by atoms with van der Waals surface area (Å²) in [5, 5.41) is 11.6. The van der Waals surface area contributed by atoms with Crippen LogP contribution < -0.4 is 10.1 Å². The highest BCUT2D eigenvalue weighted by Crippen LogP contribution is 2.17. The third-order valence-electron chi connectivity index (χ3n) is 3.19. The van der Waals surface area contributed by atoms with E-state index < -0.39 is 12.0 Å². The van der Waals surface area contributed by atoms with E-state index in [-0.39, 0.29) is 24.9 Å². The van der Waals surface area contributed by atoms with Gasteiger partial charge in [0.2, 0.25) is 5.91 Å². The normalized spacial score (nSPS) is 13.3. The van der Waals surface area contributed by atoms with Crippen LogP contribution in [0, 0.1) is 5.92 Å². The van der Waals surface area contributed by atoms with Crippen LogP contribution in [0.1, 0.15) is 26.7 Å². The zero-order chi connectivity index (χ0) is 15.8. The van der Waals surface area contributed by atoms with Gasteiger partial charge in [-0.3, -0.25) is 4.79 Å². The van der Waals surface area contributed by atoms with E-state index in [2.05, 4.69) is 21.2 Å². The van der Waals surface area contributed by atoms with Crippen molar-refractivity contribution in [2.24, 2.45) is 5.92 Å². The Morgan fingerprint density at radius 2 is 2.14 bits per heavy atom. The van der Waals surface area contributed by atoms with Crippen LogP contribution in [0.2, 0.25) is 0 Å². The van der Waals surface area contributed by atoms with E-state index >= 15 is 0 Å². The second kappa shape index (κ2) is 8.67. The second-order valence-corrected chi connectivity index (χ2v) is 5.74. The molecule has 6 heteroatoms. The SMILES string of the molecule is CC[C@H](C)[C@H](NC(=O)CCOc1cccc(Br)c1)C(=O)O. The molecule has 0 spiro atoms. The molecular weight excluding hydrogens is 338 g/mol. The summed E-state index contributed by atoms with van der Waals surface area (Å²) in [7, 11) is 0. The van der Waals surface area contributed by atoms with Crippen LogP contribution >= 0.6 is 15.9 Å². The number of benzene rings is 1. The number of halogens is 1. The maximum absolute atomic E-state index is 11.8. The number of carboxylic acid groups (broad SMARTS) is 1. The lowest BCUT2D eigenvalue weighted by Gasteiger charge is -2.20. The smallest absolute Gasteiger partial charge is 0.326 e. The van der Waals surface area contributed by atoms with Gasteiger partial charge in [-0.25, -0.2) is 4.79 Å². The third kappa shape index (κ3) is 6.16. The summed E-state index contributed by atoms with van der Waals surface area (Å²) in [6.07, 6.45) is 0.804. The van der Waals surface area contributed by atoms with Gasteiger partial charge in [0.15, 0.2) is 0 Å². The Bertz CT molecular complexity index is 492. The number of hydrogen-bond donors (Lipinski definition) is 2. The average Bonchev–Trinajstić information content (AvgIpc) is 2.43. The van der Waals surface area contributed by atoms with Crippen LogP contribution in [-0.4, -0.2) is 29.6 Å². The van der Waals surface area contributed by atoms with E-state index in [0.717, 1.165) is 4.47 Å². The van der Waals surface area contributed by atoms with Gasteiger partial charge >= 0.3 is 5.97 Å². The van der Waals surface area contributed by atoms with E-state index in [1.807, 2.05) is 19.1 Å². The van der Waals surface area contributed by atoms with Crippen LogP contribution in [0.4, 0.5) is 0 Å². The molecule has 0 unspecified atom stereocenters. The minimum absolute atomic E-state index is 0.113. The van der Waals surface area contributed by atoms with Crippen LogP contribution in [0.3, 0.4) is 0 Å². The van der Waals surface area contributed by atoms with Crippen molar-refractivity contribution >= 4 is 27.8 Å². The maximum atomic E-state index is 11.8. The lowest BCUT2D eigenvalue weighted by Crippen LogP contribution is -2.45. The van der Waals surface area contributed by atoms with Gasteiger partial charge in [-0.05, 0) is 24.1 Å². The molecule has 116 valence electrons. The van der Waals surface area contributed by atoms with E-state index in [0.29, 0.717) is 12.2 Å². The first kappa shape index (κ1) is 17.5. The first-order chi connectivity index (χ1) is 9.93. The zero-order valence-electron chi connectivity index (χ0n) is 12.1. The number of amides is 1. The fraction of sp³-hybridized carbons (Fsp3) is 0.467. The number of ether oxygens (including phenoxy) is 1. The number of carbonyl (C=O) groups excluding carboxylic acids is 1. The van der Waals surface area contributed by atoms with Gasteiger partial charge < -0.3 is 15.2 Å². The molecule has 1 aromatic rings. The number of carboxylic acids is 1. The summed E-state index contributed by atoms with van der Waals surface area (Å²) in [5.41, 5.74) is 0. The lowest BCUT2D eigenvalue weighted by molar-refractivity contribution is -0.143. The zero-order valence-corrected chi connectivity index (χ0v) is 13.7. The lowest BCUT2D eigenvalue weighted by atomic mass is 9.99. The molecule has 1 amide bonds. The third-order valence-corrected chi connectivity index (χ3v) is 3.68. The summed E-state index contributed by atoms with van der Waals surface area (Å²) in [6.45, 7) is 3.90. The van der Waals surface area contributed by atoms with Crippen LogP contribution in [0.5, 0.6) is 5.75 Å². The van der Waals surface area contributed by atoms with Crippen molar-refractivity contribution in [3.8, 4) is 5.75 Å². The van der Waals surface area contributed by atoms with Crippen molar-refractivity contribution in [3.05, 3.63) is 28.7 Å². The fourth-order valence-electron chi connectivity index (χ4n) is 1.75. The molecule has 1 aromatic carbocycles. The molecule has 0 radical (unpaired) electrons. The molecule has 0 aliphatic heterocycles.